The monoisotopic (exact) mass is 417 g/mol. The van der Waals surface area contributed by atoms with E-state index in [1.807, 2.05) is 54.0 Å². The summed E-state index contributed by atoms with van der Waals surface area (Å²) in [4.78, 5) is 23.8. The highest BCUT2D eigenvalue weighted by Crippen LogP contribution is 2.27. The maximum absolute atomic E-state index is 12.4. The number of thiophene rings is 1. The number of carbonyl (C=O) groups excluding carboxylic acids is 1. The number of para-hydroxylation sites is 2. The lowest BCUT2D eigenvalue weighted by Gasteiger charge is -2.00. The van der Waals surface area contributed by atoms with Gasteiger partial charge in [-0.05, 0) is 29.6 Å². The summed E-state index contributed by atoms with van der Waals surface area (Å²) in [6.07, 6.45) is 3.29. The average molecular weight is 417 g/mol. The first kappa shape index (κ1) is 19.2. The van der Waals surface area contributed by atoms with Crippen molar-refractivity contribution in [2.24, 2.45) is 5.10 Å². The maximum Gasteiger partial charge on any atom is 0.282 e. The van der Waals surface area contributed by atoms with Crippen molar-refractivity contribution in [3.63, 3.8) is 0 Å². The molecule has 0 aliphatic carbocycles. The molecule has 0 radical (unpaired) electrons. The molecule has 0 unspecified atom stereocenters. The third-order valence-electron chi connectivity index (χ3n) is 4.23. The Morgan fingerprint density at radius 3 is 2.60 bits per heavy atom. The van der Waals surface area contributed by atoms with Crippen LogP contribution in [0.4, 0.5) is 5.69 Å². The van der Waals surface area contributed by atoms with Crippen molar-refractivity contribution in [1.29, 1.82) is 0 Å². The second kappa shape index (κ2) is 8.50. The second-order valence-corrected chi connectivity index (χ2v) is 7.11. The first-order chi connectivity index (χ1) is 14.6. The van der Waals surface area contributed by atoms with Crippen molar-refractivity contribution >= 4 is 29.1 Å². The van der Waals surface area contributed by atoms with E-state index in [1.54, 1.807) is 22.1 Å². The van der Waals surface area contributed by atoms with Crippen LogP contribution in [0.5, 0.6) is 0 Å². The van der Waals surface area contributed by atoms with Gasteiger partial charge in [-0.2, -0.15) is 10.2 Å². The van der Waals surface area contributed by atoms with Gasteiger partial charge in [-0.1, -0.05) is 36.4 Å². The predicted molar refractivity (Wildman–Crippen MR) is 115 cm³/mol. The number of hydrogen-bond donors (Lipinski definition) is 1. The molecule has 2 heterocycles. The molecular formula is C21H15N5O3S. The van der Waals surface area contributed by atoms with E-state index >= 15 is 0 Å². The van der Waals surface area contributed by atoms with E-state index < -0.39 is 10.8 Å². The van der Waals surface area contributed by atoms with Gasteiger partial charge in [0, 0.05) is 17.8 Å². The molecule has 2 aromatic heterocycles. The van der Waals surface area contributed by atoms with Gasteiger partial charge in [0.1, 0.15) is 11.3 Å². The van der Waals surface area contributed by atoms with Gasteiger partial charge in [0.05, 0.1) is 21.7 Å². The highest BCUT2D eigenvalue weighted by atomic mass is 32.1. The second-order valence-electron chi connectivity index (χ2n) is 6.16. The molecule has 2 aromatic carbocycles. The Balaban J connectivity index is 1.61. The van der Waals surface area contributed by atoms with Crippen LogP contribution >= 0.6 is 11.3 Å². The summed E-state index contributed by atoms with van der Waals surface area (Å²) in [5.74, 6) is -0.660. The Morgan fingerprint density at radius 1 is 1.10 bits per heavy atom. The summed E-state index contributed by atoms with van der Waals surface area (Å²) < 4.78 is 1.74. The SMILES string of the molecule is O=C(N/N=C\c1cn(-c2ccccc2)nc1-c1cccs1)c1ccccc1[N+](=O)[O-]. The van der Waals surface area contributed by atoms with E-state index in [2.05, 4.69) is 15.6 Å². The van der Waals surface area contributed by atoms with Gasteiger partial charge in [-0.15, -0.1) is 11.3 Å². The zero-order valence-electron chi connectivity index (χ0n) is 15.5. The molecule has 0 bridgehead atoms. The number of amides is 1. The highest BCUT2D eigenvalue weighted by Gasteiger charge is 2.19. The Kier molecular flexibility index (Phi) is 5.44. The fourth-order valence-electron chi connectivity index (χ4n) is 2.85. The van der Waals surface area contributed by atoms with Gasteiger partial charge in [0.2, 0.25) is 0 Å². The summed E-state index contributed by atoms with van der Waals surface area (Å²) in [7, 11) is 0. The molecule has 0 saturated heterocycles. The maximum atomic E-state index is 12.4. The quantitative estimate of drug-likeness (QED) is 0.287. The number of rotatable bonds is 6. The highest BCUT2D eigenvalue weighted by molar-refractivity contribution is 7.13. The zero-order valence-corrected chi connectivity index (χ0v) is 16.3. The number of hydrazone groups is 1. The predicted octanol–water partition coefficient (Wildman–Crippen LogP) is 4.27. The number of nitro benzene ring substituents is 1. The molecule has 0 aliphatic heterocycles. The molecular weight excluding hydrogens is 402 g/mol. The van der Waals surface area contributed by atoms with Gasteiger partial charge in [0.25, 0.3) is 11.6 Å². The van der Waals surface area contributed by atoms with E-state index in [9.17, 15) is 14.9 Å². The smallest absolute Gasteiger partial charge is 0.267 e. The van der Waals surface area contributed by atoms with Crippen LogP contribution < -0.4 is 5.43 Å². The van der Waals surface area contributed by atoms with Crippen molar-refractivity contribution in [3.8, 4) is 16.3 Å². The van der Waals surface area contributed by atoms with Crippen molar-refractivity contribution < 1.29 is 9.72 Å². The molecule has 0 atom stereocenters. The van der Waals surface area contributed by atoms with Crippen LogP contribution in [0.3, 0.4) is 0 Å². The summed E-state index contributed by atoms with van der Waals surface area (Å²) in [5.41, 5.74) is 4.33. The molecule has 4 aromatic rings. The lowest BCUT2D eigenvalue weighted by atomic mass is 10.2. The number of nitrogens with one attached hydrogen (secondary N) is 1. The molecule has 148 valence electrons. The minimum absolute atomic E-state index is 0.0573. The van der Waals surface area contributed by atoms with Gasteiger partial charge < -0.3 is 0 Å². The van der Waals surface area contributed by atoms with Crippen LogP contribution in [0.25, 0.3) is 16.3 Å². The summed E-state index contributed by atoms with van der Waals surface area (Å²) in [6.45, 7) is 0. The number of nitro groups is 1. The Morgan fingerprint density at radius 2 is 1.87 bits per heavy atom. The van der Waals surface area contributed by atoms with Gasteiger partial charge >= 0.3 is 0 Å². The van der Waals surface area contributed by atoms with Gasteiger partial charge in [-0.25, -0.2) is 10.1 Å². The van der Waals surface area contributed by atoms with Crippen molar-refractivity contribution in [3.05, 3.63) is 99.5 Å². The Labute approximate surface area is 175 Å². The number of hydrogen-bond acceptors (Lipinski definition) is 6. The van der Waals surface area contributed by atoms with E-state index in [-0.39, 0.29) is 11.3 Å². The van der Waals surface area contributed by atoms with Crippen LogP contribution in [-0.2, 0) is 0 Å². The normalized spacial score (nSPS) is 10.9. The number of benzene rings is 2. The van der Waals surface area contributed by atoms with Crippen molar-refractivity contribution in [2.75, 3.05) is 0 Å². The summed E-state index contributed by atoms with van der Waals surface area (Å²) in [6, 6.07) is 19.2. The molecule has 8 nitrogen and oxygen atoms in total. The lowest BCUT2D eigenvalue weighted by molar-refractivity contribution is -0.385. The number of carbonyl (C=O) groups is 1. The molecule has 4 rings (SSSR count). The number of aromatic nitrogens is 2. The van der Waals surface area contributed by atoms with Crippen LogP contribution in [-0.4, -0.2) is 26.8 Å². The van der Waals surface area contributed by atoms with E-state index in [0.717, 1.165) is 16.3 Å². The third-order valence-corrected chi connectivity index (χ3v) is 5.11. The lowest BCUT2D eigenvalue weighted by Crippen LogP contribution is -2.18. The zero-order chi connectivity index (χ0) is 20.9. The Hall–Kier alpha value is -4.11. The van der Waals surface area contributed by atoms with Crippen LogP contribution in [0.15, 0.2) is 83.4 Å². The van der Waals surface area contributed by atoms with Crippen molar-refractivity contribution in [1.82, 2.24) is 15.2 Å². The van der Waals surface area contributed by atoms with Crippen LogP contribution in [0.1, 0.15) is 15.9 Å². The van der Waals surface area contributed by atoms with Gasteiger partial charge in [0.15, 0.2) is 0 Å². The Bertz CT molecular complexity index is 1220. The van der Waals surface area contributed by atoms with E-state index in [0.29, 0.717) is 5.56 Å². The third kappa shape index (κ3) is 4.01. The van der Waals surface area contributed by atoms with Crippen LogP contribution in [0.2, 0.25) is 0 Å². The summed E-state index contributed by atoms with van der Waals surface area (Å²) in [5, 5.41) is 21.7. The first-order valence-corrected chi connectivity index (χ1v) is 9.77. The first-order valence-electron chi connectivity index (χ1n) is 8.89. The molecule has 1 amide bonds. The molecule has 0 spiro atoms. The topological polar surface area (TPSA) is 102 Å². The number of nitrogens with zero attached hydrogens (tertiary/aromatic N) is 4. The fourth-order valence-corrected chi connectivity index (χ4v) is 3.58. The molecule has 30 heavy (non-hydrogen) atoms. The molecule has 0 aliphatic rings. The largest absolute Gasteiger partial charge is 0.282 e. The average Bonchev–Trinajstić information content (AvgIpc) is 3.44. The van der Waals surface area contributed by atoms with E-state index in [4.69, 9.17) is 0 Å². The molecule has 1 N–H and O–H groups in total. The standard InChI is InChI=1S/C21H15N5O3S/c27-21(17-9-4-5-10-18(17)26(28)29)23-22-13-15-14-25(16-7-2-1-3-8-16)24-20(15)19-11-6-12-30-19/h1-14H,(H,23,27)/b22-13-. The summed E-state index contributed by atoms with van der Waals surface area (Å²) >= 11 is 1.54. The van der Waals surface area contributed by atoms with Crippen LogP contribution in [0, 0.1) is 10.1 Å². The van der Waals surface area contributed by atoms with Crippen molar-refractivity contribution in [2.45, 2.75) is 0 Å². The van der Waals surface area contributed by atoms with E-state index in [1.165, 1.54) is 24.4 Å². The minimum Gasteiger partial charge on any atom is -0.267 e. The van der Waals surface area contributed by atoms with Gasteiger partial charge in [-0.3, -0.25) is 14.9 Å². The molecule has 0 fully saturated rings. The minimum atomic E-state index is -0.660. The molecule has 9 heteroatoms. The fraction of sp³-hybridized carbons (Fsp3) is 0. The molecule has 0 saturated carbocycles.